The van der Waals surface area contributed by atoms with Gasteiger partial charge in [0, 0.05) is 25.6 Å². The van der Waals surface area contributed by atoms with Gasteiger partial charge in [0.25, 0.3) is 0 Å². The SMILES string of the molecule is Cc1ccc(C)c(CSCc2cccc(S(=O)(=O)N(C)C)c2)c1. The molecule has 0 unspecified atom stereocenters. The van der Waals surface area contributed by atoms with Crippen LogP contribution in [0, 0.1) is 13.8 Å². The molecule has 0 amide bonds. The molecule has 2 aromatic carbocycles. The fraction of sp³-hybridized carbons (Fsp3) is 0.333. The van der Waals surface area contributed by atoms with Crippen LogP contribution in [-0.4, -0.2) is 26.8 Å². The van der Waals surface area contributed by atoms with Crippen LogP contribution in [0.15, 0.2) is 47.4 Å². The summed E-state index contributed by atoms with van der Waals surface area (Å²) in [6.45, 7) is 4.23. The summed E-state index contributed by atoms with van der Waals surface area (Å²) in [5.41, 5.74) is 4.94. The summed E-state index contributed by atoms with van der Waals surface area (Å²) in [5, 5.41) is 0. The highest BCUT2D eigenvalue weighted by atomic mass is 32.2. The van der Waals surface area contributed by atoms with Gasteiger partial charge in [-0.3, -0.25) is 0 Å². The number of nitrogens with zero attached hydrogens (tertiary/aromatic N) is 1. The Morgan fingerprint density at radius 2 is 1.74 bits per heavy atom. The van der Waals surface area contributed by atoms with Gasteiger partial charge in [-0.15, -0.1) is 0 Å². The maximum atomic E-state index is 12.2. The summed E-state index contributed by atoms with van der Waals surface area (Å²) in [6, 6.07) is 13.7. The third-order valence-electron chi connectivity index (χ3n) is 3.71. The molecule has 0 radical (unpaired) electrons. The summed E-state index contributed by atoms with van der Waals surface area (Å²) in [6.07, 6.45) is 0. The summed E-state index contributed by atoms with van der Waals surface area (Å²) in [4.78, 5) is 0.354. The minimum Gasteiger partial charge on any atom is -0.207 e. The van der Waals surface area contributed by atoms with Crippen LogP contribution < -0.4 is 0 Å². The summed E-state index contributed by atoms with van der Waals surface area (Å²) >= 11 is 1.80. The molecule has 23 heavy (non-hydrogen) atoms. The van der Waals surface area contributed by atoms with Gasteiger partial charge < -0.3 is 0 Å². The standard InChI is InChI=1S/C18H23NO2S2/c1-14-8-9-15(2)17(10-14)13-22-12-16-6-5-7-18(11-16)23(20,21)19(3)4/h5-11H,12-13H2,1-4H3. The van der Waals surface area contributed by atoms with Gasteiger partial charge in [-0.25, -0.2) is 12.7 Å². The zero-order valence-electron chi connectivity index (χ0n) is 14.0. The van der Waals surface area contributed by atoms with Crippen LogP contribution in [0.25, 0.3) is 0 Å². The van der Waals surface area contributed by atoms with Crippen LogP contribution in [0.4, 0.5) is 0 Å². The number of hydrogen-bond acceptors (Lipinski definition) is 3. The zero-order valence-corrected chi connectivity index (χ0v) is 15.7. The van der Waals surface area contributed by atoms with Gasteiger partial charge >= 0.3 is 0 Å². The van der Waals surface area contributed by atoms with Gasteiger partial charge in [0.15, 0.2) is 0 Å². The summed E-state index contributed by atoms with van der Waals surface area (Å²) in [5.74, 6) is 1.72. The lowest BCUT2D eigenvalue weighted by atomic mass is 10.1. The molecule has 3 nitrogen and oxygen atoms in total. The van der Waals surface area contributed by atoms with Crippen LogP contribution in [0.3, 0.4) is 0 Å². The van der Waals surface area contributed by atoms with E-state index in [1.165, 1.54) is 21.0 Å². The third kappa shape index (κ3) is 4.59. The van der Waals surface area contributed by atoms with Crippen molar-refractivity contribution in [2.24, 2.45) is 0 Å². The Morgan fingerprint density at radius 3 is 2.43 bits per heavy atom. The molecule has 0 N–H and O–H groups in total. The topological polar surface area (TPSA) is 37.4 Å². The zero-order chi connectivity index (χ0) is 17.0. The second kappa shape index (κ2) is 7.51. The van der Waals surface area contributed by atoms with Crippen LogP contribution in [0.2, 0.25) is 0 Å². The van der Waals surface area contributed by atoms with E-state index >= 15 is 0 Å². The van der Waals surface area contributed by atoms with Crippen molar-refractivity contribution in [1.82, 2.24) is 4.31 Å². The minimum absolute atomic E-state index is 0.354. The maximum Gasteiger partial charge on any atom is 0.242 e. The van der Waals surface area contributed by atoms with E-state index in [1.54, 1.807) is 38.0 Å². The van der Waals surface area contributed by atoms with Crippen LogP contribution >= 0.6 is 11.8 Å². The van der Waals surface area contributed by atoms with Gasteiger partial charge in [0.05, 0.1) is 4.90 Å². The molecule has 124 valence electrons. The molecule has 0 aliphatic heterocycles. The molecule has 0 saturated heterocycles. The van der Waals surface area contributed by atoms with Crippen molar-refractivity contribution in [2.45, 2.75) is 30.2 Å². The van der Waals surface area contributed by atoms with E-state index in [9.17, 15) is 8.42 Å². The minimum atomic E-state index is -3.36. The van der Waals surface area contributed by atoms with Gasteiger partial charge in [0.2, 0.25) is 10.0 Å². The van der Waals surface area contributed by atoms with E-state index in [-0.39, 0.29) is 0 Å². The van der Waals surface area contributed by atoms with Crippen molar-refractivity contribution in [3.8, 4) is 0 Å². The molecule has 0 aliphatic rings. The second-order valence-corrected chi connectivity index (χ2v) is 9.00. The molecule has 2 aromatic rings. The number of benzene rings is 2. The summed E-state index contributed by atoms with van der Waals surface area (Å²) in [7, 11) is -0.259. The van der Waals surface area contributed by atoms with Crippen molar-refractivity contribution >= 4 is 21.8 Å². The first-order chi connectivity index (χ1) is 10.8. The monoisotopic (exact) mass is 349 g/mol. The molecule has 5 heteroatoms. The lowest BCUT2D eigenvalue weighted by Gasteiger charge is -2.12. The van der Waals surface area contributed by atoms with Gasteiger partial charge in [-0.05, 0) is 42.7 Å². The van der Waals surface area contributed by atoms with Crippen LogP contribution in [-0.2, 0) is 21.5 Å². The molecule has 0 spiro atoms. The molecule has 0 bridgehead atoms. The van der Waals surface area contributed by atoms with E-state index in [0.29, 0.717) is 4.90 Å². The fourth-order valence-electron chi connectivity index (χ4n) is 2.24. The molecule has 0 fully saturated rings. The first kappa shape index (κ1) is 18.0. The quantitative estimate of drug-likeness (QED) is 0.791. The number of aryl methyl sites for hydroxylation is 2. The predicted molar refractivity (Wildman–Crippen MR) is 98.2 cm³/mol. The van der Waals surface area contributed by atoms with Crippen molar-refractivity contribution in [2.75, 3.05) is 14.1 Å². The Balaban J connectivity index is 2.06. The first-order valence-electron chi connectivity index (χ1n) is 7.46. The Bertz CT molecular complexity index is 783. The average molecular weight is 350 g/mol. The van der Waals surface area contributed by atoms with E-state index < -0.39 is 10.0 Å². The Morgan fingerprint density at radius 1 is 1.00 bits per heavy atom. The Labute approximate surface area is 143 Å². The van der Waals surface area contributed by atoms with Crippen LogP contribution in [0.1, 0.15) is 22.3 Å². The van der Waals surface area contributed by atoms with E-state index in [0.717, 1.165) is 17.1 Å². The number of sulfonamides is 1. The highest BCUT2D eigenvalue weighted by molar-refractivity contribution is 7.97. The molecule has 0 atom stereocenters. The van der Waals surface area contributed by atoms with E-state index in [2.05, 4.69) is 32.0 Å². The Hall–Kier alpha value is -1.30. The highest BCUT2D eigenvalue weighted by Crippen LogP contribution is 2.23. The first-order valence-corrected chi connectivity index (χ1v) is 10.1. The van der Waals surface area contributed by atoms with E-state index in [1.807, 2.05) is 12.1 Å². The number of thioether (sulfide) groups is 1. The number of hydrogen-bond donors (Lipinski definition) is 0. The predicted octanol–water partition coefficient (Wildman–Crippen LogP) is 3.99. The molecule has 2 rings (SSSR count). The van der Waals surface area contributed by atoms with Crippen LogP contribution in [0.5, 0.6) is 0 Å². The number of rotatable bonds is 6. The lowest BCUT2D eigenvalue weighted by molar-refractivity contribution is 0.520. The molecule has 0 saturated carbocycles. The van der Waals surface area contributed by atoms with Gasteiger partial charge in [0.1, 0.15) is 0 Å². The molecule has 0 heterocycles. The molecular formula is C18H23NO2S2. The van der Waals surface area contributed by atoms with Crippen molar-refractivity contribution in [3.63, 3.8) is 0 Å². The lowest BCUT2D eigenvalue weighted by Crippen LogP contribution is -2.22. The largest absolute Gasteiger partial charge is 0.242 e. The van der Waals surface area contributed by atoms with Crippen molar-refractivity contribution in [3.05, 3.63) is 64.7 Å². The molecule has 0 aliphatic carbocycles. The third-order valence-corrected chi connectivity index (χ3v) is 6.57. The van der Waals surface area contributed by atoms with Crippen molar-refractivity contribution in [1.29, 1.82) is 0 Å². The normalized spacial score (nSPS) is 11.9. The smallest absolute Gasteiger partial charge is 0.207 e. The average Bonchev–Trinajstić information content (AvgIpc) is 2.51. The summed E-state index contributed by atoms with van der Waals surface area (Å²) < 4.78 is 25.6. The maximum absolute atomic E-state index is 12.2. The molecular weight excluding hydrogens is 326 g/mol. The fourth-order valence-corrected chi connectivity index (χ4v) is 4.26. The van der Waals surface area contributed by atoms with Crippen molar-refractivity contribution < 1.29 is 8.42 Å². The van der Waals surface area contributed by atoms with Gasteiger partial charge in [-0.2, -0.15) is 11.8 Å². The van der Waals surface area contributed by atoms with E-state index in [4.69, 9.17) is 0 Å². The molecule has 0 aromatic heterocycles. The Kier molecular flexibility index (Phi) is 5.89. The van der Waals surface area contributed by atoms with Gasteiger partial charge in [-0.1, -0.05) is 35.9 Å². The highest BCUT2D eigenvalue weighted by Gasteiger charge is 2.17. The second-order valence-electron chi connectivity index (χ2n) is 5.86.